The second kappa shape index (κ2) is 5.44. The van der Waals surface area contributed by atoms with Crippen molar-refractivity contribution in [3.63, 3.8) is 0 Å². The number of terminal acetylenes is 1. The van der Waals surface area contributed by atoms with E-state index in [1.54, 1.807) is 0 Å². The summed E-state index contributed by atoms with van der Waals surface area (Å²) in [6.07, 6.45) is 8.64. The minimum Gasteiger partial charge on any atom is -0.340 e. The standard InChI is InChI=1S/C18H26O5/c1-5-10-19-15-12(3)14-7-6-11(2)13-8-9-17(4)21-16(20-15)18(13,14)23-22-17/h1,11-16H,6-10H2,2-4H3/t11-,12-,13+,14+,15-,16-,17?,18-/m1/s1. The van der Waals surface area contributed by atoms with Crippen molar-refractivity contribution in [1.82, 2.24) is 0 Å². The Kier molecular flexibility index (Phi) is 3.75. The normalized spacial score (nSPS) is 54.9. The molecule has 5 heteroatoms. The van der Waals surface area contributed by atoms with Crippen molar-refractivity contribution in [3.05, 3.63) is 0 Å². The summed E-state index contributed by atoms with van der Waals surface area (Å²) in [5.41, 5.74) is -0.525. The van der Waals surface area contributed by atoms with Gasteiger partial charge in [0.05, 0.1) is 0 Å². The van der Waals surface area contributed by atoms with Gasteiger partial charge in [-0.3, -0.25) is 0 Å². The molecule has 5 nitrogen and oxygen atoms in total. The van der Waals surface area contributed by atoms with E-state index in [4.69, 9.17) is 30.4 Å². The van der Waals surface area contributed by atoms with Gasteiger partial charge in [-0.25, -0.2) is 9.78 Å². The van der Waals surface area contributed by atoms with Gasteiger partial charge < -0.3 is 14.2 Å². The predicted molar refractivity (Wildman–Crippen MR) is 81.6 cm³/mol. The first kappa shape index (κ1) is 15.9. The fourth-order valence-electron chi connectivity index (χ4n) is 5.19. The Balaban J connectivity index is 1.72. The molecule has 5 aliphatic rings. The Labute approximate surface area is 137 Å². The van der Waals surface area contributed by atoms with Gasteiger partial charge in [0.15, 0.2) is 18.2 Å². The Bertz CT molecular complexity index is 516. The van der Waals surface area contributed by atoms with Crippen molar-refractivity contribution in [2.24, 2.45) is 23.7 Å². The summed E-state index contributed by atoms with van der Waals surface area (Å²) in [7, 11) is 0. The maximum Gasteiger partial charge on any atom is 0.201 e. The predicted octanol–water partition coefficient (Wildman–Crippen LogP) is 2.84. The van der Waals surface area contributed by atoms with Crippen LogP contribution < -0.4 is 0 Å². The van der Waals surface area contributed by atoms with Crippen molar-refractivity contribution < 1.29 is 24.0 Å². The first-order valence-electron chi connectivity index (χ1n) is 8.75. The van der Waals surface area contributed by atoms with Crippen LogP contribution in [-0.4, -0.2) is 30.6 Å². The maximum atomic E-state index is 6.23. The number of fused-ring (bicyclic) bond motifs is 2. The molecule has 0 amide bonds. The van der Waals surface area contributed by atoms with Crippen LogP contribution in [0.1, 0.15) is 46.5 Å². The summed E-state index contributed by atoms with van der Waals surface area (Å²) < 4.78 is 18.2. The van der Waals surface area contributed by atoms with Crippen molar-refractivity contribution in [2.45, 2.75) is 70.4 Å². The van der Waals surface area contributed by atoms with Gasteiger partial charge in [0, 0.05) is 18.3 Å². The second-order valence-electron chi connectivity index (χ2n) is 7.79. The molecule has 0 radical (unpaired) electrons. The molecule has 1 unspecified atom stereocenters. The first-order chi connectivity index (χ1) is 11.0. The highest BCUT2D eigenvalue weighted by atomic mass is 17.3. The number of ether oxygens (including phenoxy) is 3. The zero-order valence-electron chi connectivity index (χ0n) is 14.1. The average Bonchev–Trinajstić information content (AvgIpc) is 2.76. The third-order valence-electron chi connectivity index (χ3n) is 6.43. The minimum absolute atomic E-state index is 0.184. The van der Waals surface area contributed by atoms with Crippen LogP contribution in [0.3, 0.4) is 0 Å². The smallest absolute Gasteiger partial charge is 0.201 e. The van der Waals surface area contributed by atoms with Crippen molar-refractivity contribution in [2.75, 3.05) is 6.61 Å². The number of hydrogen-bond donors (Lipinski definition) is 0. The molecule has 2 bridgehead atoms. The fraction of sp³-hybridized carbons (Fsp3) is 0.889. The monoisotopic (exact) mass is 322 g/mol. The lowest BCUT2D eigenvalue weighted by Gasteiger charge is -2.60. The van der Waals surface area contributed by atoms with E-state index in [1.165, 1.54) is 6.42 Å². The molecule has 5 rings (SSSR count). The number of hydrogen-bond acceptors (Lipinski definition) is 5. The van der Waals surface area contributed by atoms with E-state index in [9.17, 15) is 0 Å². The molecular weight excluding hydrogens is 296 g/mol. The minimum atomic E-state index is -0.741. The van der Waals surface area contributed by atoms with Gasteiger partial charge in [-0.2, -0.15) is 0 Å². The van der Waals surface area contributed by atoms with Crippen molar-refractivity contribution in [1.29, 1.82) is 0 Å². The largest absolute Gasteiger partial charge is 0.340 e. The Morgan fingerprint density at radius 3 is 2.78 bits per heavy atom. The van der Waals surface area contributed by atoms with E-state index in [0.717, 1.165) is 19.3 Å². The van der Waals surface area contributed by atoms with Crippen LogP contribution >= 0.6 is 0 Å². The van der Waals surface area contributed by atoms with Gasteiger partial charge in [-0.15, -0.1) is 6.42 Å². The third-order valence-corrected chi connectivity index (χ3v) is 6.43. The fourth-order valence-corrected chi connectivity index (χ4v) is 5.19. The highest BCUT2D eigenvalue weighted by Crippen LogP contribution is 2.60. The van der Waals surface area contributed by atoms with Crippen molar-refractivity contribution >= 4 is 0 Å². The van der Waals surface area contributed by atoms with E-state index < -0.39 is 17.7 Å². The zero-order chi connectivity index (χ0) is 16.2. The van der Waals surface area contributed by atoms with Crippen LogP contribution in [0, 0.1) is 36.0 Å². The zero-order valence-corrected chi connectivity index (χ0v) is 14.1. The summed E-state index contributed by atoms with van der Waals surface area (Å²) in [5.74, 6) is 3.20. The number of rotatable bonds is 2. The molecule has 23 heavy (non-hydrogen) atoms. The first-order valence-corrected chi connectivity index (χ1v) is 8.75. The molecule has 1 spiro atoms. The van der Waals surface area contributed by atoms with Gasteiger partial charge in [0.25, 0.3) is 0 Å². The molecule has 0 aromatic rings. The van der Waals surface area contributed by atoms with E-state index in [0.29, 0.717) is 11.8 Å². The lowest BCUT2D eigenvalue weighted by molar-refractivity contribution is -0.577. The van der Waals surface area contributed by atoms with Crippen LogP contribution in [-0.2, 0) is 24.0 Å². The van der Waals surface area contributed by atoms with Crippen LogP contribution in [0.15, 0.2) is 0 Å². The quantitative estimate of drug-likeness (QED) is 0.578. The summed E-state index contributed by atoms with van der Waals surface area (Å²) >= 11 is 0. The summed E-state index contributed by atoms with van der Waals surface area (Å²) in [6.45, 7) is 6.64. The topological polar surface area (TPSA) is 46.2 Å². The summed E-state index contributed by atoms with van der Waals surface area (Å²) in [5, 5.41) is 0. The summed E-state index contributed by atoms with van der Waals surface area (Å²) in [6, 6.07) is 0. The highest BCUT2D eigenvalue weighted by molar-refractivity contribution is 5.09. The van der Waals surface area contributed by atoms with Crippen molar-refractivity contribution in [3.8, 4) is 12.3 Å². The molecular formula is C18H26O5. The van der Waals surface area contributed by atoms with Crippen LogP contribution in [0.4, 0.5) is 0 Å². The van der Waals surface area contributed by atoms with E-state index in [-0.39, 0.29) is 24.7 Å². The molecule has 1 saturated carbocycles. The Morgan fingerprint density at radius 2 is 2.00 bits per heavy atom. The molecule has 4 aliphatic heterocycles. The molecule has 0 aromatic heterocycles. The maximum absolute atomic E-state index is 6.23. The summed E-state index contributed by atoms with van der Waals surface area (Å²) in [4.78, 5) is 11.8. The van der Waals surface area contributed by atoms with Gasteiger partial charge in [0.1, 0.15) is 6.61 Å². The van der Waals surface area contributed by atoms with E-state index >= 15 is 0 Å². The van der Waals surface area contributed by atoms with Crippen LogP contribution in [0.25, 0.3) is 0 Å². The SMILES string of the molecule is C#CCO[C@@H]1O[C@@H]2OC3(C)CC[C@H]4[C@H](C)CC[C@@H]([C@H]1C)[C@@]24OO3. The third kappa shape index (κ3) is 2.20. The Hall–Kier alpha value is -0.640. The molecule has 4 heterocycles. The Morgan fingerprint density at radius 1 is 1.17 bits per heavy atom. The second-order valence-corrected chi connectivity index (χ2v) is 7.79. The van der Waals surface area contributed by atoms with Crippen LogP contribution in [0.5, 0.6) is 0 Å². The lowest BCUT2D eigenvalue weighted by atomic mass is 9.58. The molecule has 8 atom stereocenters. The molecule has 0 N–H and O–H groups in total. The van der Waals surface area contributed by atoms with Gasteiger partial charge in [-0.1, -0.05) is 19.8 Å². The molecule has 128 valence electrons. The molecule has 1 aliphatic carbocycles. The van der Waals surface area contributed by atoms with Gasteiger partial charge in [-0.05, 0) is 38.0 Å². The van der Waals surface area contributed by atoms with Crippen LogP contribution in [0.2, 0.25) is 0 Å². The van der Waals surface area contributed by atoms with Gasteiger partial charge >= 0.3 is 0 Å². The molecule has 5 fully saturated rings. The lowest BCUT2D eigenvalue weighted by Crippen LogP contribution is -2.70. The average molecular weight is 322 g/mol. The molecule has 0 aromatic carbocycles. The van der Waals surface area contributed by atoms with E-state index in [2.05, 4.69) is 19.8 Å². The van der Waals surface area contributed by atoms with E-state index in [1.807, 2.05) is 6.92 Å². The van der Waals surface area contributed by atoms with Gasteiger partial charge in [0.2, 0.25) is 5.79 Å². The highest BCUT2D eigenvalue weighted by Gasteiger charge is 2.69. The molecule has 4 saturated heterocycles.